The number of rotatable bonds is 2. The summed E-state index contributed by atoms with van der Waals surface area (Å²) >= 11 is 0. The van der Waals surface area contributed by atoms with Gasteiger partial charge in [-0.1, -0.05) is 32.0 Å². The highest BCUT2D eigenvalue weighted by Gasteiger charge is 2.26. The number of likely N-dealkylation sites (tertiary alicyclic amines) is 1. The molecule has 2 amide bonds. The number of benzene rings is 2. The molecule has 3 heterocycles. The lowest BCUT2D eigenvalue weighted by Crippen LogP contribution is -2.27. The molecular weight excluding hydrogens is 395 g/mol. The Morgan fingerprint density at radius 1 is 1.10 bits per heavy atom. The van der Waals surface area contributed by atoms with Crippen molar-refractivity contribution < 1.29 is 14.0 Å². The Kier molecular flexibility index (Phi) is 5.84. The number of amides is 2. The fourth-order valence-corrected chi connectivity index (χ4v) is 4.02. The minimum absolute atomic E-state index is 0.0971. The van der Waals surface area contributed by atoms with Crippen LogP contribution in [0.2, 0.25) is 0 Å². The van der Waals surface area contributed by atoms with E-state index in [0.717, 1.165) is 23.7 Å². The molecule has 0 aliphatic carbocycles. The zero-order valence-electron chi connectivity index (χ0n) is 17.7. The van der Waals surface area contributed by atoms with E-state index in [2.05, 4.69) is 15.3 Å². The van der Waals surface area contributed by atoms with Crippen LogP contribution in [0.3, 0.4) is 0 Å². The maximum absolute atomic E-state index is 15.1. The standard InChI is InChI=1S/C22H19FN4O2.C2H6/c23-16-11-13(22(29)27-9-3-4-10-27)7-8-14(16)19-21-20(26-18(28)12-24-19)15-5-1-2-6-17(15)25-21;1-2/h1-2,5-8,11,25H,3-4,9-10,12H2,(H,26,28);1-2H3. The molecule has 0 spiro atoms. The van der Waals surface area contributed by atoms with E-state index in [1.807, 2.05) is 38.1 Å². The van der Waals surface area contributed by atoms with Crippen LogP contribution in [0.5, 0.6) is 0 Å². The van der Waals surface area contributed by atoms with Gasteiger partial charge in [-0.25, -0.2) is 4.39 Å². The van der Waals surface area contributed by atoms with Crippen molar-refractivity contribution in [2.75, 3.05) is 25.0 Å². The minimum atomic E-state index is -0.534. The van der Waals surface area contributed by atoms with Crippen molar-refractivity contribution in [3.8, 4) is 0 Å². The molecule has 3 aromatic rings. The largest absolute Gasteiger partial charge is 0.351 e. The predicted molar refractivity (Wildman–Crippen MR) is 120 cm³/mol. The smallest absolute Gasteiger partial charge is 0.253 e. The lowest BCUT2D eigenvalue weighted by atomic mass is 10.0. The molecule has 0 radical (unpaired) electrons. The summed E-state index contributed by atoms with van der Waals surface area (Å²) in [5.74, 6) is -0.945. The molecule has 1 fully saturated rings. The lowest BCUT2D eigenvalue weighted by Gasteiger charge is -2.16. The first-order chi connectivity index (χ1) is 15.1. The average molecular weight is 420 g/mol. The van der Waals surface area contributed by atoms with Crippen LogP contribution < -0.4 is 5.32 Å². The Balaban J connectivity index is 0.00000112. The highest BCUT2D eigenvalue weighted by atomic mass is 19.1. The molecule has 0 unspecified atom stereocenters. The van der Waals surface area contributed by atoms with Crippen molar-refractivity contribution >= 4 is 34.1 Å². The summed E-state index contributed by atoms with van der Waals surface area (Å²) in [5.41, 5.74) is 2.94. The number of carbonyl (C=O) groups excluding carboxylic acids is 2. The summed E-state index contributed by atoms with van der Waals surface area (Å²) in [6.45, 7) is 5.32. The van der Waals surface area contributed by atoms with E-state index in [9.17, 15) is 9.59 Å². The molecular formula is C24H25FN4O2. The molecule has 2 aliphatic rings. The Labute approximate surface area is 180 Å². The molecule has 160 valence electrons. The molecule has 0 atom stereocenters. The zero-order chi connectivity index (χ0) is 22.0. The van der Waals surface area contributed by atoms with Gasteiger partial charge in [-0.3, -0.25) is 14.6 Å². The van der Waals surface area contributed by atoms with Gasteiger partial charge in [0.2, 0.25) is 5.91 Å². The van der Waals surface area contributed by atoms with Gasteiger partial charge in [-0.15, -0.1) is 0 Å². The first-order valence-electron chi connectivity index (χ1n) is 10.7. The number of hydrogen-bond acceptors (Lipinski definition) is 3. The predicted octanol–water partition coefficient (Wildman–Crippen LogP) is 4.36. The van der Waals surface area contributed by atoms with Gasteiger partial charge in [0, 0.05) is 35.1 Å². The maximum atomic E-state index is 15.1. The fourth-order valence-electron chi connectivity index (χ4n) is 4.02. The van der Waals surface area contributed by atoms with Crippen molar-refractivity contribution in [3.63, 3.8) is 0 Å². The van der Waals surface area contributed by atoms with Gasteiger partial charge < -0.3 is 15.2 Å². The highest BCUT2D eigenvalue weighted by Crippen LogP contribution is 2.31. The number of fused-ring (bicyclic) bond motifs is 3. The molecule has 6 nitrogen and oxygen atoms in total. The summed E-state index contributed by atoms with van der Waals surface area (Å²) in [6.07, 6.45) is 1.96. The van der Waals surface area contributed by atoms with Crippen LogP contribution in [0.15, 0.2) is 47.5 Å². The average Bonchev–Trinajstić information content (AvgIpc) is 3.42. The molecule has 1 aromatic heterocycles. The number of para-hydroxylation sites is 1. The highest BCUT2D eigenvalue weighted by molar-refractivity contribution is 6.22. The van der Waals surface area contributed by atoms with Crippen molar-refractivity contribution in [1.29, 1.82) is 0 Å². The normalized spacial score (nSPS) is 15.5. The summed E-state index contributed by atoms with van der Waals surface area (Å²) in [7, 11) is 0. The number of aromatic amines is 1. The van der Waals surface area contributed by atoms with Crippen molar-refractivity contribution in [1.82, 2.24) is 9.88 Å². The molecule has 2 aliphatic heterocycles. The van der Waals surface area contributed by atoms with Gasteiger partial charge in [-0.2, -0.15) is 0 Å². The summed E-state index contributed by atoms with van der Waals surface area (Å²) < 4.78 is 15.1. The molecule has 2 N–H and O–H groups in total. The van der Waals surface area contributed by atoms with E-state index in [4.69, 9.17) is 0 Å². The Bertz CT molecular complexity index is 1180. The Hall–Kier alpha value is -3.48. The quantitative estimate of drug-likeness (QED) is 0.646. The molecule has 0 saturated carbocycles. The second-order valence-electron chi connectivity index (χ2n) is 7.33. The van der Waals surface area contributed by atoms with Gasteiger partial charge in [0.15, 0.2) is 0 Å². The van der Waals surface area contributed by atoms with E-state index in [1.54, 1.807) is 17.0 Å². The molecule has 5 rings (SSSR count). The fraction of sp³-hybridized carbons (Fsp3) is 0.292. The number of nitrogens with zero attached hydrogens (tertiary/aromatic N) is 2. The van der Waals surface area contributed by atoms with Gasteiger partial charge in [0.05, 0.1) is 17.1 Å². The number of nitrogens with one attached hydrogen (secondary N) is 2. The molecule has 1 saturated heterocycles. The topological polar surface area (TPSA) is 77.6 Å². The first kappa shape index (κ1) is 20.8. The molecule has 7 heteroatoms. The first-order valence-corrected chi connectivity index (χ1v) is 10.7. The van der Waals surface area contributed by atoms with Gasteiger partial charge in [0.25, 0.3) is 5.91 Å². The van der Waals surface area contributed by atoms with Crippen LogP contribution in [-0.2, 0) is 4.79 Å². The number of hydrogen-bond donors (Lipinski definition) is 2. The van der Waals surface area contributed by atoms with Gasteiger partial charge >= 0.3 is 0 Å². The number of H-pyrrole nitrogens is 1. The van der Waals surface area contributed by atoms with Crippen molar-refractivity contribution in [2.45, 2.75) is 26.7 Å². The number of aromatic nitrogens is 1. The van der Waals surface area contributed by atoms with Crippen molar-refractivity contribution in [2.24, 2.45) is 4.99 Å². The molecule has 2 aromatic carbocycles. The van der Waals surface area contributed by atoms with E-state index >= 15 is 4.39 Å². The maximum Gasteiger partial charge on any atom is 0.253 e. The minimum Gasteiger partial charge on any atom is -0.351 e. The SMILES string of the molecule is CC.O=C1CN=C(c2ccc(C(=O)N3CCCC3)cc2F)c2[nH]c3ccccc3c2N1. The second-order valence-corrected chi connectivity index (χ2v) is 7.33. The van der Waals surface area contributed by atoms with Crippen LogP contribution in [-0.4, -0.2) is 47.0 Å². The van der Waals surface area contributed by atoms with E-state index in [-0.39, 0.29) is 23.9 Å². The van der Waals surface area contributed by atoms with E-state index < -0.39 is 5.82 Å². The summed E-state index contributed by atoms with van der Waals surface area (Å²) in [6, 6.07) is 12.0. The van der Waals surface area contributed by atoms with Gasteiger partial charge in [-0.05, 0) is 37.1 Å². The van der Waals surface area contributed by atoms with Crippen LogP contribution in [0.4, 0.5) is 10.1 Å². The lowest BCUT2D eigenvalue weighted by molar-refractivity contribution is -0.114. The van der Waals surface area contributed by atoms with Crippen LogP contribution in [0.25, 0.3) is 10.9 Å². The number of halogens is 1. The zero-order valence-corrected chi connectivity index (χ0v) is 17.7. The number of anilines is 1. The van der Waals surface area contributed by atoms with E-state index in [1.165, 1.54) is 6.07 Å². The third kappa shape index (κ3) is 3.83. The van der Waals surface area contributed by atoms with Crippen LogP contribution >= 0.6 is 0 Å². The third-order valence-electron chi connectivity index (χ3n) is 5.45. The molecule has 0 bridgehead atoms. The third-order valence-corrected chi connectivity index (χ3v) is 5.45. The molecule has 31 heavy (non-hydrogen) atoms. The summed E-state index contributed by atoms with van der Waals surface area (Å²) in [4.78, 5) is 34.1. The van der Waals surface area contributed by atoms with Crippen LogP contribution in [0.1, 0.15) is 48.3 Å². The van der Waals surface area contributed by atoms with Crippen LogP contribution in [0, 0.1) is 5.82 Å². The Morgan fingerprint density at radius 2 is 1.84 bits per heavy atom. The second kappa shape index (κ2) is 8.71. The number of aliphatic imine (C=N–C) groups is 1. The summed E-state index contributed by atoms with van der Waals surface area (Å²) in [5, 5.41) is 3.70. The van der Waals surface area contributed by atoms with Gasteiger partial charge in [0.1, 0.15) is 12.4 Å². The van der Waals surface area contributed by atoms with Crippen molar-refractivity contribution in [3.05, 3.63) is 65.1 Å². The monoisotopic (exact) mass is 420 g/mol. The Morgan fingerprint density at radius 3 is 2.58 bits per heavy atom. The number of carbonyl (C=O) groups is 2. The van der Waals surface area contributed by atoms with E-state index in [0.29, 0.717) is 35.7 Å².